The van der Waals surface area contributed by atoms with Crippen LogP contribution in [0.1, 0.15) is 31.1 Å². The first-order valence-corrected chi connectivity index (χ1v) is 6.19. The fraction of sp³-hybridized carbons (Fsp3) is 0.385. The smallest absolute Gasteiger partial charge is 0.341 e. The molecule has 0 atom stereocenters. The second-order valence-electron chi connectivity index (χ2n) is 4.63. The van der Waals surface area contributed by atoms with Crippen molar-refractivity contribution in [1.82, 2.24) is 19.7 Å². The summed E-state index contributed by atoms with van der Waals surface area (Å²) in [5.41, 5.74) is -0.0863. The average molecular weight is 276 g/mol. The highest BCUT2D eigenvalue weighted by Gasteiger charge is 2.24. The van der Waals surface area contributed by atoms with Gasteiger partial charge in [-0.25, -0.2) is 19.4 Å². The molecule has 0 spiro atoms. The number of ether oxygens (including phenoxy) is 1. The summed E-state index contributed by atoms with van der Waals surface area (Å²) < 4.78 is 6.37. The van der Waals surface area contributed by atoms with Crippen LogP contribution in [0.5, 0.6) is 0 Å². The number of rotatable bonds is 4. The van der Waals surface area contributed by atoms with Crippen LogP contribution < -0.4 is 0 Å². The fourth-order valence-electron chi connectivity index (χ4n) is 1.81. The van der Waals surface area contributed by atoms with Gasteiger partial charge in [-0.05, 0) is 26.8 Å². The molecule has 0 aliphatic heterocycles. The summed E-state index contributed by atoms with van der Waals surface area (Å²) in [7, 11) is 0. The van der Waals surface area contributed by atoms with E-state index in [1.54, 1.807) is 26.8 Å². The molecule has 0 saturated carbocycles. The maximum absolute atomic E-state index is 11.9. The van der Waals surface area contributed by atoms with Crippen molar-refractivity contribution in [3.8, 4) is 11.4 Å². The molecule has 0 aliphatic rings. The third-order valence-electron chi connectivity index (χ3n) is 2.61. The predicted molar refractivity (Wildman–Crippen MR) is 70.8 cm³/mol. The molecular formula is C13H16N4O3. The van der Waals surface area contributed by atoms with Crippen LogP contribution in [0.25, 0.3) is 11.4 Å². The van der Waals surface area contributed by atoms with Gasteiger partial charge in [-0.2, -0.15) is 5.10 Å². The molecule has 1 N–H and O–H groups in total. The van der Waals surface area contributed by atoms with Crippen molar-refractivity contribution in [2.24, 2.45) is 0 Å². The average Bonchev–Trinajstić information content (AvgIpc) is 2.88. The number of carbonyl (C=O) groups is 1. The standard InChI is InChI=1S/C13H16N4O3/c1-4-20-12(18)9-7-14-8-15-11(9)10-5-6-16-17(10)13(2,3)19/h5-8,19H,4H2,1-3H3. The quantitative estimate of drug-likeness (QED) is 0.844. The Morgan fingerprint density at radius 3 is 2.90 bits per heavy atom. The SMILES string of the molecule is CCOC(=O)c1cncnc1-c1ccnn1C(C)(C)O. The van der Waals surface area contributed by atoms with Crippen molar-refractivity contribution in [3.05, 3.63) is 30.4 Å². The highest BCUT2D eigenvalue weighted by molar-refractivity contribution is 5.95. The Labute approximate surface area is 116 Å². The van der Waals surface area contributed by atoms with E-state index < -0.39 is 11.7 Å². The minimum Gasteiger partial charge on any atom is -0.462 e. The van der Waals surface area contributed by atoms with E-state index >= 15 is 0 Å². The van der Waals surface area contributed by atoms with Gasteiger partial charge in [0.15, 0.2) is 5.72 Å². The normalized spacial score (nSPS) is 11.4. The minimum atomic E-state index is -1.21. The van der Waals surface area contributed by atoms with Gasteiger partial charge in [-0.15, -0.1) is 0 Å². The Hall–Kier alpha value is -2.28. The molecule has 0 amide bonds. The molecule has 2 aromatic rings. The molecule has 2 heterocycles. The zero-order valence-electron chi connectivity index (χ0n) is 11.6. The largest absolute Gasteiger partial charge is 0.462 e. The van der Waals surface area contributed by atoms with E-state index in [9.17, 15) is 9.90 Å². The van der Waals surface area contributed by atoms with Gasteiger partial charge < -0.3 is 9.84 Å². The molecule has 0 aliphatic carbocycles. The molecule has 0 aromatic carbocycles. The van der Waals surface area contributed by atoms with E-state index in [4.69, 9.17) is 4.74 Å². The molecule has 2 aromatic heterocycles. The van der Waals surface area contributed by atoms with E-state index in [2.05, 4.69) is 15.1 Å². The van der Waals surface area contributed by atoms with Crippen LogP contribution in [-0.2, 0) is 10.5 Å². The van der Waals surface area contributed by atoms with E-state index in [0.29, 0.717) is 11.4 Å². The number of aromatic nitrogens is 4. The molecule has 0 unspecified atom stereocenters. The van der Waals surface area contributed by atoms with Crippen molar-refractivity contribution in [2.45, 2.75) is 26.5 Å². The number of nitrogens with zero attached hydrogens (tertiary/aromatic N) is 4. The lowest BCUT2D eigenvalue weighted by Crippen LogP contribution is -2.27. The van der Waals surface area contributed by atoms with Crippen LogP contribution in [0.15, 0.2) is 24.8 Å². The maximum atomic E-state index is 11.9. The fourth-order valence-corrected chi connectivity index (χ4v) is 1.81. The molecule has 7 heteroatoms. The Balaban J connectivity index is 2.54. The number of aliphatic hydroxyl groups is 1. The van der Waals surface area contributed by atoms with Crippen LogP contribution in [0, 0.1) is 0 Å². The molecule has 106 valence electrons. The van der Waals surface area contributed by atoms with Crippen molar-refractivity contribution in [3.63, 3.8) is 0 Å². The molecule has 7 nitrogen and oxygen atoms in total. The molecule has 0 fully saturated rings. The Kier molecular flexibility index (Phi) is 3.80. The highest BCUT2D eigenvalue weighted by atomic mass is 16.5. The van der Waals surface area contributed by atoms with Gasteiger partial charge in [0.2, 0.25) is 0 Å². The van der Waals surface area contributed by atoms with Crippen LogP contribution >= 0.6 is 0 Å². The molecular weight excluding hydrogens is 260 g/mol. The Bertz CT molecular complexity index is 616. The van der Waals surface area contributed by atoms with Crippen LogP contribution in [0.3, 0.4) is 0 Å². The lowest BCUT2D eigenvalue weighted by molar-refractivity contribution is -0.00872. The number of carbonyl (C=O) groups excluding carboxylic acids is 1. The van der Waals surface area contributed by atoms with Crippen molar-refractivity contribution in [1.29, 1.82) is 0 Å². The molecule has 2 rings (SSSR count). The first-order valence-electron chi connectivity index (χ1n) is 6.19. The van der Waals surface area contributed by atoms with Gasteiger partial charge in [0.05, 0.1) is 12.3 Å². The Morgan fingerprint density at radius 1 is 1.50 bits per heavy atom. The second kappa shape index (κ2) is 5.38. The topological polar surface area (TPSA) is 90.1 Å². The predicted octanol–water partition coefficient (Wildman–Crippen LogP) is 1.20. The molecule has 0 bridgehead atoms. The summed E-state index contributed by atoms with van der Waals surface area (Å²) >= 11 is 0. The van der Waals surface area contributed by atoms with Crippen molar-refractivity contribution in [2.75, 3.05) is 6.61 Å². The van der Waals surface area contributed by atoms with Gasteiger partial charge in [0, 0.05) is 12.4 Å². The van der Waals surface area contributed by atoms with E-state index in [1.165, 1.54) is 23.4 Å². The molecule has 0 radical (unpaired) electrons. The zero-order valence-corrected chi connectivity index (χ0v) is 11.6. The molecule has 0 saturated heterocycles. The van der Waals surface area contributed by atoms with E-state index in [-0.39, 0.29) is 12.2 Å². The lowest BCUT2D eigenvalue weighted by atomic mass is 10.1. The van der Waals surface area contributed by atoms with Crippen LogP contribution in [0.2, 0.25) is 0 Å². The monoisotopic (exact) mass is 276 g/mol. The summed E-state index contributed by atoms with van der Waals surface area (Å²) in [6, 6.07) is 1.67. The number of esters is 1. The van der Waals surface area contributed by atoms with E-state index in [1.807, 2.05) is 0 Å². The second-order valence-corrected chi connectivity index (χ2v) is 4.63. The Morgan fingerprint density at radius 2 is 2.25 bits per heavy atom. The van der Waals surface area contributed by atoms with Gasteiger partial charge in [-0.3, -0.25) is 0 Å². The number of hydrogen-bond acceptors (Lipinski definition) is 6. The maximum Gasteiger partial charge on any atom is 0.341 e. The number of hydrogen-bond donors (Lipinski definition) is 1. The summed E-state index contributed by atoms with van der Waals surface area (Å²) in [4.78, 5) is 19.9. The van der Waals surface area contributed by atoms with Crippen LogP contribution in [-0.4, -0.2) is 37.4 Å². The highest BCUT2D eigenvalue weighted by Crippen LogP contribution is 2.25. The van der Waals surface area contributed by atoms with Gasteiger partial charge >= 0.3 is 5.97 Å². The van der Waals surface area contributed by atoms with Crippen LogP contribution in [0.4, 0.5) is 0 Å². The summed E-state index contributed by atoms with van der Waals surface area (Å²) in [5, 5.41) is 14.2. The third-order valence-corrected chi connectivity index (χ3v) is 2.61. The van der Waals surface area contributed by atoms with E-state index in [0.717, 1.165) is 0 Å². The summed E-state index contributed by atoms with van der Waals surface area (Å²) in [6.45, 7) is 5.17. The third kappa shape index (κ3) is 2.67. The van der Waals surface area contributed by atoms with Gasteiger partial charge in [-0.1, -0.05) is 0 Å². The first kappa shape index (κ1) is 14.1. The van der Waals surface area contributed by atoms with Crippen molar-refractivity contribution < 1.29 is 14.6 Å². The minimum absolute atomic E-state index is 0.236. The lowest BCUT2D eigenvalue weighted by Gasteiger charge is -2.21. The zero-order chi connectivity index (χ0) is 14.8. The summed E-state index contributed by atoms with van der Waals surface area (Å²) in [5.74, 6) is -0.508. The first-order chi connectivity index (χ1) is 9.45. The summed E-state index contributed by atoms with van der Waals surface area (Å²) in [6.07, 6.45) is 4.26. The van der Waals surface area contributed by atoms with Crippen molar-refractivity contribution >= 4 is 5.97 Å². The molecule has 20 heavy (non-hydrogen) atoms. The van der Waals surface area contributed by atoms with Gasteiger partial charge in [0.1, 0.15) is 17.6 Å². The van der Waals surface area contributed by atoms with Gasteiger partial charge in [0.25, 0.3) is 0 Å².